The molecule has 0 saturated carbocycles. The van der Waals surface area contributed by atoms with Crippen molar-refractivity contribution >= 4 is 38.0 Å². The number of nitrogen functional groups attached to an aromatic ring is 1. The standard InChI is InChI=1S/C27H25F3N6O2S/c1-2-9-38-13-34-7-8-35-14(12-34)5-6-36-23-16(27(35)37)10-19(29)21(22(23)25(30)33-36)15-3-4-18(28)24-20(15)17(11-31)26(32)39-24/h2-4,10,14,25,33H,1,5-9,12-13,32H2/t14-,25?/m1/s1. The number of halogens is 3. The molecule has 4 heterocycles. The van der Waals surface area contributed by atoms with Gasteiger partial charge in [0.05, 0.1) is 34.9 Å². The number of carbonyl (C=O) groups is 1. The summed E-state index contributed by atoms with van der Waals surface area (Å²) in [7, 11) is 0. The number of nitrogens with zero attached hydrogens (tertiary/aromatic N) is 4. The fourth-order valence-corrected chi connectivity index (χ4v) is 6.78. The Bertz CT molecular complexity index is 1550. The Hall–Kier alpha value is -3.63. The lowest BCUT2D eigenvalue weighted by Crippen LogP contribution is -2.57. The highest BCUT2D eigenvalue weighted by molar-refractivity contribution is 7.23. The summed E-state index contributed by atoms with van der Waals surface area (Å²) in [6, 6.07) is 5.41. The van der Waals surface area contributed by atoms with Gasteiger partial charge in [0.15, 0.2) is 6.30 Å². The van der Waals surface area contributed by atoms with Crippen LogP contribution in [0.1, 0.15) is 34.2 Å². The summed E-state index contributed by atoms with van der Waals surface area (Å²) < 4.78 is 52.1. The number of nitriles is 1. The lowest BCUT2D eigenvalue weighted by Gasteiger charge is -2.43. The van der Waals surface area contributed by atoms with E-state index >= 15 is 8.78 Å². The van der Waals surface area contributed by atoms with Crippen LogP contribution in [0, 0.1) is 23.0 Å². The molecule has 2 aromatic carbocycles. The highest BCUT2D eigenvalue weighted by atomic mass is 32.1. The molecular weight excluding hydrogens is 529 g/mol. The van der Waals surface area contributed by atoms with E-state index in [-0.39, 0.29) is 60.5 Å². The summed E-state index contributed by atoms with van der Waals surface area (Å²) in [5.74, 6) is -1.82. The molecule has 1 unspecified atom stereocenters. The average Bonchev–Trinajstić information content (AvgIpc) is 3.43. The van der Waals surface area contributed by atoms with Gasteiger partial charge < -0.3 is 20.4 Å². The smallest absolute Gasteiger partial charge is 0.256 e. The molecule has 6 rings (SSSR count). The van der Waals surface area contributed by atoms with E-state index < -0.39 is 17.9 Å². The van der Waals surface area contributed by atoms with Crippen molar-refractivity contribution in [3.8, 4) is 17.2 Å². The van der Waals surface area contributed by atoms with Gasteiger partial charge in [0.1, 0.15) is 22.7 Å². The zero-order chi connectivity index (χ0) is 27.4. The number of alkyl halides is 1. The second-order valence-electron chi connectivity index (χ2n) is 9.75. The summed E-state index contributed by atoms with van der Waals surface area (Å²) in [6.45, 7) is 6.42. The second-order valence-corrected chi connectivity index (χ2v) is 10.8. The fourth-order valence-electron chi connectivity index (χ4n) is 5.83. The molecule has 1 fully saturated rings. The third-order valence-corrected chi connectivity index (χ3v) is 8.56. The lowest BCUT2D eigenvalue weighted by molar-refractivity contribution is -0.00738. The number of ether oxygens (including phenoxy) is 1. The number of amides is 1. The molecular formula is C27H25F3N6O2S. The number of anilines is 2. The largest absolute Gasteiger partial charge is 0.389 e. The minimum atomic E-state index is -1.82. The van der Waals surface area contributed by atoms with Gasteiger partial charge in [-0.15, -0.1) is 17.9 Å². The molecule has 1 amide bonds. The zero-order valence-corrected chi connectivity index (χ0v) is 21.7. The van der Waals surface area contributed by atoms with Crippen LogP contribution in [0.2, 0.25) is 0 Å². The first kappa shape index (κ1) is 25.6. The van der Waals surface area contributed by atoms with Gasteiger partial charge in [-0.2, -0.15) is 10.7 Å². The van der Waals surface area contributed by atoms with Gasteiger partial charge in [0.2, 0.25) is 0 Å². The van der Waals surface area contributed by atoms with E-state index in [1.165, 1.54) is 6.07 Å². The third kappa shape index (κ3) is 4.04. The van der Waals surface area contributed by atoms with E-state index in [2.05, 4.69) is 16.9 Å². The SMILES string of the molecule is C=CCOCN1CCN2C(=O)c3cc(F)c(-c4ccc(F)c5sc(N)c(C#N)c45)c4c3N(CC[C@@H]2C1)NC4F. The van der Waals surface area contributed by atoms with Crippen LogP contribution in [0.3, 0.4) is 0 Å². The van der Waals surface area contributed by atoms with Crippen molar-refractivity contribution in [2.75, 3.05) is 50.3 Å². The van der Waals surface area contributed by atoms with Crippen molar-refractivity contribution < 1.29 is 22.7 Å². The minimum absolute atomic E-state index is 0.00919. The first-order chi connectivity index (χ1) is 18.8. The molecule has 3 aliphatic heterocycles. The van der Waals surface area contributed by atoms with E-state index in [0.717, 1.165) is 23.5 Å². The number of nitrogens with two attached hydrogens (primary N) is 1. The van der Waals surface area contributed by atoms with E-state index in [9.17, 15) is 14.4 Å². The number of fused-ring (bicyclic) bond motifs is 2. The van der Waals surface area contributed by atoms with Crippen molar-refractivity contribution in [3.05, 3.63) is 59.2 Å². The first-order valence-corrected chi connectivity index (χ1v) is 13.3. The lowest BCUT2D eigenvalue weighted by atomic mass is 9.90. The molecule has 3 N–H and O–H groups in total. The Morgan fingerprint density at radius 1 is 1.26 bits per heavy atom. The van der Waals surface area contributed by atoms with Gasteiger partial charge in [-0.25, -0.2) is 13.2 Å². The summed E-state index contributed by atoms with van der Waals surface area (Å²) >= 11 is 0.883. The molecule has 12 heteroatoms. The van der Waals surface area contributed by atoms with Crippen molar-refractivity contribution in [1.82, 2.24) is 15.2 Å². The Labute approximate surface area is 226 Å². The summed E-state index contributed by atoms with van der Waals surface area (Å²) in [6.07, 6.45) is 0.401. The number of hydrazine groups is 1. The second kappa shape index (κ2) is 9.84. The van der Waals surface area contributed by atoms with Crippen LogP contribution in [-0.2, 0) is 4.74 Å². The number of thiophene rings is 1. The van der Waals surface area contributed by atoms with E-state index in [0.29, 0.717) is 45.9 Å². The van der Waals surface area contributed by atoms with Crippen LogP contribution >= 0.6 is 11.3 Å². The van der Waals surface area contributed by atoms with Gasteiger partial charge in [-0.3, -0.25) is 9.69 Å². The maximum absolute atomic E-state index is 16.0. The summed E-state index contributed by atoms with van der Waals surface area (Å²) in [5, 5.41) is 11.5. The number of nitrogens with one attached hydrogen (secondary N) is 1. The number of carbonyl (C=O) groups excluding carboxylic acids is 1. The number of benzene rings is 2. The normalized spacial score (nSPS) is 20.9. The topological polar surface area (TPSA) is 97.9 Å². The van der Waals surface area contributed by atoms with Crippen LogP contribution in [0.25, 0.3) is 21.2 Å². The van der Waals surface area contributed by atoms with Crippen molar-refractivity contribution in [1.29, 1.82) is 5.26 Å². The highest BCUT2D eigenvalue weighted by Crippen LogP contribution is 2.49. The summed E-state index contributed by atoms with van der Waals surface area (Å²) in [5.41, 5.74) is 9.03. The van der Waals surface area contributed by atoms with Crippen LogP contribution in [0.5, 0.6) is 0 Å². The monoisotopic (exact) mass is 554 g/mol. The van der Waals surface area contributed by atoms with Gasteiger partial charge >= 0.3 is 0 Å². The Morgan fingerprint density at radius 3 is 2.85 bits per heavy atom. The number of rotatable bonds is 5. The molecule has 0 aliphatic carbocycles. The molecule has 3 aliphatic rings. The highest BCUT2D eigenvalue weighted by Gasteiger charge is 2.42. The molecule has 0 spiro atoms. The van der Waals surface area contributed by atoms with Crippen LogP contribution in [0.15, 0.2) is 30.9 Å². The molecule has 8 nitrogen and oxygen atoms in total. The Balaban J connectivity index is 1.47. The van der Waals surface area contributed by atoms with E-state index in [4.69, 9.17) is 10.5 Å². The quantitative estimate of drug-likeness (QED) is 0.276. The fraction of sp³-hybridized carbons (Fsp3) is 0.333. The number of hydrogen-bond acceptors (Lipinski definition) is 8. The molecule has 3 aromatic rings. The van der Waals surface area contributed by atoms with Crippen molar-refractivity contribution in [2.45, 2.75) is 18.8 Å². The van der Waals surface area contributed by atoms with Crippen LogP contribution in [-0.4, -0.2) is 61.3 Å². The molecule has 39 heavy (non-hydrogen) atoms. The summed E-state index contributed by atoms with van der Waals surface area (Å²) in [4.78, 5) is 17.6. The first-order valence-electron chi connectivity index (χ1n) is 12.5. The van der Waals surface area contributed by atoms with E-state index in [1.54, 1.807) is 16.0 Å². The molecule has 0 radical (unpaired) electrons. The predicted molar refractivity (Wildman–Crippen MR) is 143 cm³/mol. The molecule has 2 atom stereocenters. The number of piperazine rings is 1. The van der Waals surface area contributed by atoms with E-state index in [1.807, 2.05) is 6.07 Å². The molecule has 1 aromatic heterocycles. The van der Waals surface area contributed by atoms with Gasteiger partial charge in [0.25, 0.3) is 5.91 Å². The third-order valence-electron chi connectivity index (χ3n) is 7.53. The van der Waals surface area contributed by atoms with Gasteiger partial charge in [-0.1, -0.05) is 12.1 Å². The van der Waals surface area contributed by atoms with Crippen LogP contribution < -0.4 is 16.2 Å². The van der Waals surface area contributed by atoms with Gasteiger partial charge in [-0.05, 0) is 24.1 Å². The molecule has 0 bridgehead atoms. The van der Waals surface area contributed by atoms with Crippen molar-refractivity contribution in [2.24, 2.45) is 0 Å². The minimum Gasteiger partial charge on any atom is -0.389 e. The Morgan fingerprint density at radius 2 is 2.08 bits per heavy atom. The maximum atomic E-state index is 16.0. The maximum Gasteiger partial charge on any atom is 0.256 e. The molecule has 1 saturated heterocycles. The molecule has 202 valence electrons. The zero-order valence-electron chi connectivity index (χ0n) is 20.8. The Kier molecular flexibility index (Phi) is 6.47. The average molecular weight is 555 g/mol. The van der Waals surface area contributed by atoms with Crippen LogP contribution in [0.4, 0.5) is 23.9 Å². The number of hydrogen-bond donors (Lipinski definition) is 2. The van der Waals surface area contributed by atoms with Gasteiger partial charge in [0, 0.05) is 48.7 Å². The predicted octanol–water partition coefficient (Wildman–Crippen LogP) is 4.28. The van der Waals surface area contributed by atoms with Crippen molar-refractivity contribution in [3.63, 3.8) is 0 Å².